The van der Waals surface area contributed by atoms with E-state index < -0.39 is 35.1 Å². The number of primary amides is 1. The van der Waals surface area contributed by atoms with E-state index in [9.17, 15) is 27.2 Å². The van der Waals surface area contributed by atoms with Crippen molar-refractivity contribution < 1.29 is 27.2 Å². The third-order valence-corrected chi connectivity index (χ3v) is 4.43. The van der Waals surface area contributed by atoms with E-state index in [4.69, 9.17) is 5.73 Å². The lowest BCUT2D eigenvalue weighted by molar-refractivity contribution is -0.137. The van der Waals surface area contributed by atoms with Crippen LogP contribution >= 0.6 is 11.3 Å². The largest absolute Gasteiger partial charge is 0.416 e. The SMILES string of the molecule is NC(=O)Nc1ncc(C#Cc2ccc(F)c(C(=O)Nc3cc(C(F)(F)F)ccn3)c2)s1. The monoisotopic (exact) mass is 449 g/mol. The maximum absolute atomic E-state index is 14.1. The number of nitrogens with one attached hydrogen (secondary N) is 2. The van der Waals surface area contributed by atoms with Crippen LogP contribution in [0.4, 0.5) is 33.3 Å². The van der Waals surface area contributed by atoms with Gasteiger partial charge in [-0.25, -0.2) is 19.2 Å². The standard InChI is InChI=1S/C19H11F4N5O2S/c20-14-4-2-10(1-3-12-9-26-18(31-12)28-17(24)30)7-13(14)16(29)27-15-8-11(5-6-25-15)19(21,22)23/h2,4-9H,(H,25,27,29)(H3,24,26,28,30). The van der Waals surface area contributed by atoms with Gasteiger partial charge in [0.2, 0.25) is 0 Å². The molecule has 0 fully saturated rings. The molecule has 0 bridgehead atoms. The van der Waals surface area contributed by atoms with Gasteiger partial charge in [0.25, 0.3) is 5.91 Å². The number of nitrogens with zero attached hydrogens (tertiary/aromatic N) is 2. The Bertz CT molecular complexity index is 1210. The number of hydrogen-bond donors (Lipinski definition) is 3. The average molecular weight is 449 g/mol. The lowest BCUT2D eigenvalue weighted by Crippen LogP contribution is -2.18. The Morgan fingerprint density at radius 1 is 1.06 bits per heavy atom. The number of pyridine rings is 1. The molecule has 0 saturated carbocycles. The second-order valence-electron chi connectivity index (χ2n) is 5.85. The maximum atomic E-state index is 14.1. The minimum atomic E-state index is -4.62. The molecule has 31 heavy (non-hydrogen) atoms. The minimum absolute atomic E-state index is 0.240. The molecule has 4 N–H and O–H groups in total. The summed E-state index contributed by atoms with van der Waals surface area (Å²) in [6, 6.07) is 4.08. The van der Waals surface area contributed by atoms with Crippen molar-refractivity contribution in [2.24, 2.45) is 5.73 Å². The van der Waals surface area contributed by atoms with Crippen LogP contribution in [0.2, 0.25) is 0 Å². The highest BCUT2D eigenvalue weighted by atomic mass is 32.1. The first-order valence-electron chi connectivity index (χ1n) is 8.30. The molecule has 3 rings (SSSR count). The van der Waals surface area contributed by atoms with Gasteiger partial charge in [-0.15, -0.1) is 0 Å². The molecule has 0 spiro atoms. The molecule has 12 heteroatoms. The molecule has 158 valence electrons. The number of carbonyl (C=O) groups excluding carboxylic acids is 2. The van der Waals surface area contributed by atoms with E-state index in [1.165, 1.54) is 12.3 Å². The van der Waals surface area contributed by atoms with Gasteiger partial charge in [-0.1, -0.05) is 17.3 Å². The molecule has 0 aliphatic rings. The van der Waals surface area contributed by atoms with Crippen molar-refractivity contribution in [3.63, 3.8) is 0 Å². The number of aromatic nitrogens is 2. The van der Waals surface area contributed by atoms with E-state index in [2.05, 4.69) is 32.4 Å². The molecule has 3 aromatic rings. The third kappa shape index (κ3) is 5.77. The molecule has 7 nitrogen and oxygen atoms in total. The smallest absolute Gasteiger partial charge is 0.351 e. The lowest BCUT2D eigenvalue weighted by Gasteiger charge is -2.09. The van der Waals surface area contributed by atoms with Crippen molar-refractivity contribution >= 4 is 34.2 Å². The molecule has 2 aromatic heterocycles. The predicted molar refractivity (Wildman–Crippen MR) is 105 cm³/mol. The Morgan fingerprint density at radius 2 is 1.84 bits per heavy atom. The number of halogens is 4. The van der Waals surface area contributed by atoms with Gasteiger partial charge >= 0.3 is 12.2 Å². The van der Waals surface area contributed by atoms with Crippen LogP contribution in [-0.4, -0.2) is 21.9 Å². The van der Waals surface area contributed by atoms with Crippen molar-refractivity contribution in [2.45, 2.75) is 6.18 Å². The number of amides is 3. The van der Waals surface area contributed by atoms with Gasteiger partial charge in [0.05, 0.1) is 22.2 Å². The van der Waals surface area contributed by atoms with Crippen molar-refractivity contribution in [3.8, 4) is 11.8 Å². The fraction of sp³-hybridized carbons (Fsp3) is 0.0526. The molecule has 0 saturated heterocycles. The average Bonchev–Trinajstić information content (AvgIpc) is 3.13. The minimum Gasteiger partial charge on any atom is -0.351 e. The molecule has 1 aromatic carbocycles. The molecule has 0 aliphatic carbocycles. The van der Waals surface area contributed by atoms with Gasteiger partial charge in [0, 0.05) is 11.8 Å². The summed E-state index contributed by atoms with van der Waals surface area (Å²) in [5.41, 5.74) is 3.82. The Labute approximate surface area is 176 Å². The molecule has 0 aliphatic heterocycles. The number of hydrogen-bond acceptors (Lipinski definition) is 5. The van der Waals surface area contributed by atoms with Crippen LogP contribution in [0.1, 0.15) is 26.4 Å². The number of nitrogens with two attached hydrogens (primary N) is 1. The Morgan fingerprint density at radius 3 is 2.55 bits per heavy atom. The number of anilines is 2. The highest BCUT2D eigenvalue weighted by Gasteiger charge is 2.31. The van der Waals surface area contributed by atoms with Crippen LogP contribution in [0.3, 0.4) is 0 Å². The number of alkyl halides is 3. The van der Waals surface area contributed by atoms with Crippen LogP contribution in [0.15, 0.2) is 42.7 Å². The summed E-state index contributed by atoms with van der Waals surface area (Å²) in [5.74, 6) is 3.19. The summed E-state index contributed by atoms with van der Waals surface area (Å²) in [4.78, 5) is 31.1. The Balaban J connectivity index is 1.79. The van der Waals surface area contributed by atoms with E-state index in [0.717, 1.165) is 35.7 Å². The quantitative estimate of drug-likeness (QED) is 0.417. The third-order valence-electron chi connectivity index (χ3n) is 3.61. The predicted octanol–water partition coefficient (Wildman–Crippen LogP) is 3.84. The molecular weight excluding hydrogens is 438 g/mol. The van der Waals surface area contributed by atoms with Gasteiger partial charge in [-0.05, 0) is 36.3 Å². The van der Waals surface area contributed by atoms with Crippen molar-refractivity contribution in [1.82, 2.24) is 9.97 Å². The lowest BCUT2D eigenvalue weighted by atomic mass is 10.1. The van der Waals surface area contributed by atoms with Crippen LogP contribution in [0.5, 0.6) is 0 Å². The summed E-state index contributed by atoms with van der Waals surface area (Å²) < 4.78 is 52.5. The first-order chi connectivity index (χ1) is 14.6. The first kappa shape index (κ1) is 21.7. The summed E-state index contributed by atoms with van der Waals surface area (Å²) in [6.07, 6.45) is -2.35. The van der Waals surface area contributed by atoms with Gasteiger partial charge in [0.1, 0.15) is 11.6 Å². The second kappa shape index (κ2) is 8.80. The zero-order valence-electron chi connectivity index (χ0n) is 15.2. The summed E-state index contributed by atoms with van der Waals surface area (Å²) >= 11 is 1.05. The van der Waals surface area contributed by atoms with Crippen molar-refractivity contribution in [2.75, 3.05) is 10.6 Å². The van der Waals surface area contributed by atoms with Crippen LogP contribution in [0.25, 0.3) is 0 Å². The molecule has 0 radical (unpaired) electrons. The van der Waals surface area contributed by atoms with Crippen LogP contribution in [0, 0.1) is 17.7 Å². The van der Waals surface area contributed by atoms with E-state index >= 15 is 0 Å². The molecule has 0 atom stereocenters. The maximum Gasteiger partial charge on any atom is 0.416 e. The van der Waals surface area contributed by atoms with Crippen molar-refractivity contribution in [1.29, 1.82) is 0 Å². The Kier molecular flexibility index (Phi) is 6.17. The molecular formula is C19H11F4N5O2S. The normalized spacial score (nSPS) is 10.7. The van der Waals surface area contributed by atoms with E-state index in [1.54, 1.807) is 0 Å². The summed E-state index contributed by atoms with van der Waals surface area (Å²) in [7, 11) is 0. The van der Waals surface area contributed by atoms with Crippen LogP contribution in [-0.2, 0) is 6.18 Å². The molecule has 0 unspecified atom stereocenters. The summed E-state index contributed by atoms with van der Waals surface area (Å²) in [6.45, 7) is 0. The fourth-order valence-electron chi connectivity index (χ4n) is 2.26. The second-order valence-corrected chi connectivity index (χ2v) is 6.88. The van der Waals surface area contributed by atoms with E-state index in [1.807, 2.05) is 0 Å². The Hall–Kier alpha value is -3.98. The summed E-state index contributed by atoms with van der Waals surface area (Å²) in [5, 5.41) is 4.67. The first-order valence-corrected chi connectivity index (χ1v) is 9.12. The number of rotatable bonds is 3. The van der Waals surface area contributed by atoms with Gasteiger partial charge in [-0.3, -0.25) is 10.1 Å². The van der Waals surface area contributed by atoms with Gasteiger partial charge in [0.15, 0.2) is 5.13 Å². The van der Waals surface area contributed by atoms with Gasteiger partial charge < -0.3 is 11.1 Å². The van der Waals surface area contributed by atoms with Crippen LogP contribution < -0.4 is 16.4 Å². The fourth-order valence-corrected chi connectivity index (χ4v) is 2.94. The van der Waals surface area contributed by atoms with E-state index in [0.29, 0.717) is 10.9 Å². The number of benzene rings is 1. The van der Waals surface area contributed by atoms with Crippen molar-refractivity contribution in [3.05, 3.63) is 70.1 Å². The molecule has 3 amide bonds. The number of urea groups is 1. The topological polar surface area (TPSA) is 110 Å². The molecule has 2 heterocycles. The highest BCUT2D eigenvalue weighted by molar-refractivity contribution is 7.16. The number of thiazole rings is 1. The zero-order valence-corrected chi connectivity index (χ0v) is 16.1. The van der Waals surface area contributed by atoms with Gasteiger partial charge in [-0.2, -0.15) is 13.2 Å². The van der Waals surface area contributed by atoms with E-state index in [-0.39, 0.29) is 16.5 Å². The highest BCUT2D eigenvalue weighted by Crippen LogP contribution is 2.30. The number of carbonyl (C=O) groups is 2. The zero-order chi connectivity index (χ0) is 22.6.